The normalized spacial score (nSPS) is 11.9. The Morgan fingerprint density at radius 3 is 2.33 bits per heavy atom. The third-order valence-corrected chi connectivity index (χ3v) is 4.99. The van der Waals surface area contributed by atoms with E-state index in [4.69, 9.17) is 11.6 Å². The molecule has 2 amide bonds. The van der Waals surface area contributed by atoms with Gasteiger partial charge in [-0.05, 0) is 48.2 Å². The zero-order valence-electron chi connectivity index (χ0n) is 15.7. The van der Waals surface area contributed by atoms with Crippen molar-refractivity contribution in [1.29, 1.82) is 0 Å². The van der Waals surface area contributed by atoms with Crippen molar-refractivity contribution >= 4 is 39.9 Å². The molecule has 1 aromatic heterocycles. The van der Waals surface area contributed by atoms with Crippen molar-refractivity contribution in [1.82, 2.24) is 9.88 Å². The highest BCUT2D eigenvalue weighted by Crippen LogP contribution is 2.27. The molecule has 0 aliphatic rings. The number of fused-ring (bicyclic) bond motifs is 1. The zero-order valence-corrected chi connectivity index (χ0v) is 16.5. The summed E-state index contributed by atoms with van der Waals surface area (Å²) in [6.07, 6.45) is 1.27. The summed E-state index contributed by atoms with van der Waals surface area (Å²) in [4.78, 5) is 40.3. The van der Waals surface area contributed by atoms with Crippen LogP contribution in [0.15, 0.2) is 41.3 Å². The molecule has 0 saturated heterocycles. The molecular weight excluding hydrogens is 423 g/mol. The number of halogens is 4. The standard InChI is InChI=1S/C20H15ClF3N3O3/c1-9(13-8-25-18(28)12-7-17(24)16(23)6-11(12)13)27(2)20(30)19(29)26-10-3-4-15(22)14(21)5-10/h3-9H,1-2H3,(H,25,28)(H,26,29)/t9-/m1/s1. The number of hydrogen-bond donors (Lipinski definition) is 2. The van der Waals surface area contributed by atoms with E-state index in [9.17, 15) is 27.6 Å². The number of H-pyrrole nitrogens is 1. The molecule has 156 valence electrons. The lowest BCUT2D eigenvalue weighted by molar-refractivity contribution is -0.143. The maximum atomic E-state index is 13.7. The van der Waals surface area contributed by atoms with E-state index in [1.54, 1.807) is 6.92 Å². The molecule has 0 bridgehead atoms. The molecule has 0 aliphatic heterocycles. The number of rotatable bonds is 3. The molecule has 0 spiro atoms. The van der Waals surface area contributed by atoms with Crippen LogP contribution in [-0.4, -0.2) is 28.7 Å². The fraction of sp³-hybridized carbons (Fsp3) is 0.150. The number of anilines is 1. The van der Waals surface area contributed by atoms with E-state index in [-0.39, 0.29) is 21.5 Å². The van der Waals surface area contributed by atoms with Crippen LogP contribution in [-0.2, 0) is 9.59 Å². The Balaban J connectivity index is 1.88. The van der Waals surface area contributed by atoms with Crippen molar-refractivity contribution in [2.75, 3.05) is 12.4 Å². The van der Waals surface area contributed by atoms with Gasteiger partial charge < -0.3 is 15.2 Å². The Hall–Kier alpha value is -3.33. The second kappa shape index (κ2) is 8.19. The first-order valence-electron chi connectivity index (χ1n) is 8.63. The maximum Gasteiger partial charge on any atom is 0.313 e. The average Bonchev–Trinajstić information content (AvgIpc) is 2.71. The quantitative estimate of drug-likeness (QED) is 0.612. The smallest absolute Gasteiger partial charge is 0.313 e. The summed E-state index contributed by atoms with van der Waals surface area (Å²) < 4.78 is 40.5. The number of likely N-dealkylation sites (N-methyl/N-ethyl adjacent to an activating group) is 1. The molecule has 1 atom stereocenters. The number of amides is 2. The molecular formula is C20H15ClF3N3O3. The van der Waals surface area contributed by atoms with Gasteiger partial charge in [0.25, 0.3) is 5.56 Å². The second-order valence-electron chi connectivity index (χ2n) is 6.56. The highest BCUT2D eigenvalue weighted by Gasteiger charge is 2.26. The van der Waals surface area contributed by atoms with Gasteiger partial charge in [-0.3, -0.25) is 14.4 Å². The van der Waals surface area contributed by atoms with Gasteiger partial charge in [-0.2, -0.15) is 0 Å². The number of pyridine rings is 1. The molecule has 6 nitrogen and oxygen atoms in total. The third-order valence-electron chi connectivity index (χ3n) is 4.70. The predicted octanol–water partition coefficient (Wildman–Crippen LogP) is 3.76. The molecule has 2 aromatic carbocycles. The van der Waals surface area contributed by atoms with Crippen molar-refractivity contribution in [3.63, 3.8) is 0 Å². The van der Waals surface area contributed by atoms with Gasteiger partial charge in [0.05, 0.1) is 16.5 Å². The number of aromatic amines is 1. The van der Waals surface area contributed by atoms with E-state index in [1.807, 2.05) is 0 Å². The van der Waals surface area contributed by atoms with Gasteiger partial charge in [0.1, 0.15) is 5.82 Å². The summed E-state index contributed by atoms with van der Waals surface area (Å²) in [5.74, 6) is -4.98. The van der Waals surface area contributed by atoms with Crippen LogP contribution in [0.1, 0.15) is 18.5 Å². The van der Waals surface area contributed by atoms with Gasteiger partial charge in [0.15, 0.2) is 11.6 Å². The average molecular weight is 438 g/mol. The monoisotopic (exact) mass is 437 g/mol. The minimum Gasteiger partial charge on any atom is -0.331 e. The lowest BCUT2D eigenvalue weighted by atomic mass is 10.0. The van der Waals surface area contributed by atoms with E-state index < -0.39 is 40.9 Å². The van der Waals surface area contributed by atoms with E-state index in [0.717, 1.165) is 29.2 Å². The molecule has 30 heavy (non-hydrogen) atoms. The lowest BCUT2D eigenvalue weighted by Crippen LogP contribution is -2.38. The van der Waals surface area contributed by atoms with E-state index in [0.29, 0.717) is 5.56 Å². The van der Waals surface area contributed by atoms with Crippen LogP contribution in [0.25, 0.3) is 10.8 Å². The molecule has 0 radical (unpaired) electrons. The lowest BCUT2D eigenvalue weighted by Gasteiger charge is -2.25. The Labute approximate surface area is 173 Å². The molecule has 3 rings (SSSR count). The fourth-order valence-electron chi connectivity index (χ4n) is 2.92. The van der Waals surface area contributed by atoms with Crippen LogP contribution in [0, 0.1) is 17.5 Å². The van der Waals surface area contributed by atoms with Crippen molar-refractivity contribution in [3.05, 3.63) is 74.9 Å². The molecule has 0 unspecified atom stereocenters. The molecule has 0 fully saturated rings. The minimum atomic E-state index is -1.18. The number of benzene rings is 2. The molecule has 0 saturated carbocycles. The molecule has 10 heteroatoms. The highest BCUT2D eigenvalue weighted by molar-refractivity contribution is 6.39. The van der Waals surface area contributed by atoms with Gasteiger partial charge in [0, 0.05) is 18.9 Å². The number of carbonyl (C=O) groups excluding carboxylic acids is 2. The maximum absolute atomic E-state index is 13.7. The summed E-state index contributed by atoms with van der Waals surface area (Å²) in [7, 11) is 1.33. The number of nitrogens with zero attached hydrogens (tertiary/aromatic N) is 1. The SMILES string of the molecule is C[C@H](c1c[nH]c(=O)c2cc(F)c(F)cc12)N(C)C(=O)C(=O)Nc1ccc(F)c(Cl)c1. The van der Waals surface area contributed by atoms with Crippen LogP contribution in [0.4, 0.5) is 18.9 Å². The predicted molar refractivity (Wildman–Crippen MR) is 106 cm³/mol. The van der Waals surface area contributed by atoms with E-state index in [1.165, 1.54) is 19.3 Å². The number of carbonyl (C=O) groups is 2. The third kappa shape index (κ3) is 4.02. The summed E-state index contributed by atoms with van der Waals surface area (Å²) >= 11 is 5.65. The summed E-state index contributed by atoms with van der Waals surface area (Å²) in [6, 6.07) is 4.27. The van der Waals surface area contributed by atoms with Gasteiger partial charge in [-0.25, -0.2) is 13.2 Å². The topological polar surface area (TPSA) is 82.3 Å². The Kier molecular flexibility index (Phi) is 5.84. The largest absolute Gasteiger partial charge is 0.331 e. The van der Waals surface area contributed by atoms with Gasteiger partial charge >= 0.3 is 11.8 Å². The molecule has 2 N–H and O–H groups in total. The highest BCUT2D eigenvalue weighted by atomic mass is 35.5. The minimum absolute atomic E-state index is 0.0931. The summed E-state index contributed by atoms with van der Waals surface area (Å²) in [5, 5.41) is 2.10. The van der Waals surface area contributed by atoms with Crippen LogP contribution in [0.5, 0.6) is 0 Å². The first kappa shape index (κ1) is 21.4. The van der Waals surface area contributed by atoms with Crippen molar-refractivity contribution < 1.29 is 22.8 Å². The van der Waals surface area contributed by atoms with Gasteiger partial charge in [-0.15, -0.1) is 0 Å². The number of hydrogen-bond acceptors (Lipinski definition) is 3. The van der Waals surface area contributed by atoms with Crippen LogP contribution < -0.4 is 10.9 Å². The zero-order chi connectivity index (χ0) is 22.2. The van der Waals surface area contributed by atoms with Crippen molar-refractivity contribution in [3.8, 4) is 0 Å². The van der Waals surface area contributed by atoms with Crippen molar-refractivity contribution in [2.24, 2.45) is 0 Å². The Morgan fingerprint density at radius 2 is 1.70 bits per heavy atom. The van der Waals surface area contributed by atoms with Crippen LogP contribution >= 0.6 is 11.6 Å². The first-order valence-corrected chi connectivity index (χ1v) is 9.01. The summed E-state index contributed by atoms with van der Waals surface area (Å²) in [5.41, 5.74) is -0.204. The molecule has 0 aliphatic carbocycles. The molecule has 1 heterocycles. The fourth-order valence-corrected chi connectivity index (χ4v) is 3.10. The Morgan fingerprint density at radius 1 is 1.07 bits per heavy atom. The first-order chi connectivity index (χ1) is 14.1. The van der Waals surface area contributed by atoms with E-state index in [2.05, 4.69) is 10.3 Å². The van der Waals surface area contributed by atoms with Gasteiger partial charge in [-0.1, -0.05) is 11.6 Å². The summed E-state index contributed by atoms with van der Waals surface area (Å²) in [6.45, 7) is 1.55. The number of nitrogens with one attached hydrogen (secondary N) is 2. The number of aromatic nitrogens is 1. The van der Waals surface area contributed by atoms with Crippen LogP contribution in [0.2, 0.25) is 5.02 Å². The van der Waals surface area contributed by atoms with Crippen molar-refractivity contribution in [2.45, 2.75) is 13.0 Å². The molecule has 3 aromatic rings. The van der Waals surface area contributed by atoms with Gasteiger partial charge in [0.2, 0.25) is 0 Å². The Bertz CT molecular complexity index is 1230. The van der Waals surface area contributed by atoms with E-state index >= 15 is 0 Å². The second-order valence-corrected chi connectivity index (χ2v) is 6.97. The van der Waals surface area contributed by atoms with Crippen LogP contribution in [0.3, 0.4) is 0 Å².